The van der Waals surface area contributed by atoms with Crippen molar-refractivity contribution in [3.05, 3.63) is 22.3 Å². The Hall–Kier alpha value is -0.430. The highest BCUT2D eigenvalue weighted by molar-refractivity contribution is 7.91. The van der Waals surface area contributed by atoms with Crippen LogP contribution in [0.1, 0.15) is 12.1 Å². The molecular weight excluding hydrogens is 268 g/mol. The molecule has 0 saturated carbocycles. The Balaban J connectivity index is 2.38. The molecule has 7 heteroatoms. The summed E-state index contributed by atoms with van der Waals surface area (Å²) >= 11 is 6.74. The first-order valence-electron chi connectivity index (χ1n) is 4.80. The molecule has 0 aromatic carbocycles. The second kappa shape index (κ2) is 4.44. The van der Waals surface area contributed by atoms with Gasteiger partial charge in [-0.1, -0.05) is 35.1 Å². The smallest absolute Gasteiger partial charge is 0.229 e. The first-order chi connectivity index (χ1) is 7.51. The van der Waals surface area contributed by atoms with Gasteiger partial charge in [-0.05, 0) is 13.3 Å². The van der Waals surface area contributed by atoms with Crippen molar-refractivity contribution in [3.8, 4) is 0 Å². The zero-order valence-electron chi connectivity index (χ0n) is 8.68. The van der Waals surface area contributed by atoms with Gasteiger partial charge in [0.05, 0.1) is 5.69 Å². The minimum atomic E-state index is -3.42. The third-order valence-corrected chi connectivity index (χ3v) is 6.04. The van der Waals surface area contributed by atoms with Crippen LogP contribution in [0.4, 0.5) is 0 Å². The van der Waals surface area contributed by atoms with Crippen molar-refractivity contribution in [2.75, 3.05) is 13.1 Å². The molecule has 1 aliphatic rings. The number of thiazole rings is 1. The number of sulfonamides is 1. The summed E-state index contributed by atoms with van der Waals surface area (Å²) in [5, 5.41) is 0. The highest BCUT2D eigenvalue weighted by atomic mass is 35.5. The molecule has 0 amide bonds. The molecule has 0 bridgehead atoms. The quantitative estimate of drug-likeness (QED) is 0.778. The molecule has 2 heterocycles. The summed E-state index contributed by atoms with van der Waals surface area (Å²) in [5.74, 6) is 0. The van der Waals surface area contributed by atoms with Gasteiger partial charge < -0.3 is 0 Å². The lowest BCUT2D eigenvalue weighted by molar-refractivity contribution is 0.438. The van der Waals surface area contributed by atoms with E-state index in [1.54, 1.807) is 6.92 Å². The summed E-state index contributed by atoms with van der Waals surface area (Å²) < 4.78 is 26.4. The Kier molecular flexibility index (Phi) is 3.34. The molecule has 4 nitrogen and oxygen atoms in total. The fourth-order valence-electron chi connectivity index (χ4n) is 1.55. The van der Waals surface area contributed by atoms with Crippen molar-refractivity contribution in [3.63, 3.8) is 0 Å². The number of halogens is 1. The van der Waals surface area contributed by atoms with E-state index in [4.69, 9.17) is 11.6 Å². The van der Waals surface area contributed by atoms with Gasteiger partial charge in [-0.25, -0.2) is 13.4 Å². The fraction of sp³-hybridized carbons (Fsp3) is 0.444. The van der Waals surface area contributed by atoms with Crippen molar-refractivity contribution >= 4 is 33.0 Å². The van der Waals surface area contributed by atoms with Gasteiger partial charge in [-0.15, -0.1) is 0 Å². The Morgan fingerprint density at radius 2 is 2.25 bits per heavy atom. The van der Waals surface area contributed by atoms with E-state index in [-0.39, 0.29) is 8.68 Å². The molecule has 0 atom stereocenters. The van der Waals surface area contributed by atoms with E-state index in [0.717, 1.165) is 17.8 Å². The number of hydrogen-bond donors (Lipinski definition) is 0. The predicted octanol–water partition coefficient (Wildman–Crippen LogP) is 2.06. The lowest BCUT2D eigenvalue weighted by Crippen LogP contribution is -2.33. The van der Waals surface area contributed by atoms with E-state index in [0.29, 0.717) is 18.8 Å². The normalized spacial score (nSPS) is 17.9. The zero-order valence-corrected chi connectivity index (χ0v) is 11.1. The predicted molar refractivity (Wildman–Crippen MR) is 64.4 cm³/mol. The standard InChI is InChI=1S/C9H11ClN2O2S2/c1-7-8(15-9(10)11-7)16(13,14)12-5-3-2-4-6-12/h2-3H,4-6H2,1H3. The van der Waals surface area contributed by atoms with Gasteiger partial charge in [-0.3, -0.25) is 0 Å². The first kappa shape index (κ1) is 12.0. The topological polar surface area (TPSA) is 50.3 Å². The largest absolute Gasteiger partial charge is 0.254 e. The highest BCUT2D eigenvalue weighted by Gasteiger charge is 2.28. The lowest BCUT2D eigenvalue weighted by atomic mass is 10.3. The van der Waals surface area contributed by atoms with E-state index >= 15 is 0 Å². The summed E-state index contributed by atoms with van der Waals surface area (Å²) in [6.45, 7) is 2.61. The van der Waals surface area contributed by atoms with Crippen LogP contribution in [0.15, 0.2) is 16.4 Å². The molecule has 0 N–H and O–H groups in total. The number of aryl methyl sites for hydroxylation is 1. The van der Waals surface area contributed by atoms with Crippen LogP contribution >= 0.6 is 22.9 Å². The van der Waals surface area contributed by atoms with Crippen molar-refractivity contribution in [1.82, 2.24) is 9.29 Å². The Bertz CT molecular complexity index is 522. The summed E-state index contributed by atoms with van der Waals surface area (Å²) in [6, 6.07) is 0. The van der Waals surface area contributed by atoms with Gasteiger partial charge >= 0.3 is 0 Å². The van der Waals surface area contributed by atoms with Crippen LogP contribution in [0.5, 0.6) is 0 Å². The van der Waals surface area contributed by atoms with Crippen LogP contribution in [0.2, 0.25) is 4.47 Å². The number of rotatable bonds is 2. The molecule has 1 aromatic rings. The van der Waals surface area contributed by atoms with Gasteiger partial charge in [0.1, 0.15) is 0 Å². The Morgan fingerprint density at radius 1 is 1.50 bits per heavy atom. The van der Waals surface area contributed by atoms with Crippen LogP contribution in [-0.2, 0) is 10.0 Å². The second-order valence-electron chi connectivity index (χ2n) is 3.46. The SMILES string of the molecule is Cc1nc(Cl)sc1S(=O)(=O)N1CC=CCC1. The molecule has 0 fully saturated rings. The molecule has 1 aliphatic heterocycles. The second-order valence-corrected chi connectivity index (χ2v) is 7.18. The van der Waals surface area contributed by atoms with Gasteiger partial charge in [0.15, 0.2) is 8.68 Å². The monoisotopic (exact) mass is 278 g/mol. The lowest BCUT2D eigenvalue weighted by Gasteiger charge is -2.21. The van der Waals surface area contributed by atoms with E-state index in [1.165, 1.54) is 4.31 Å². The van der Waals surface area contributed by atoms with Crippen LogP contribution in [0, 0.1) is 6.92 Å². The van der Waals surface area contributed by atoms with Crippen molar-refractivity contribution in [1.29, 1.82) is 0 Å². The van der Waals surface area contributed by atoms with Gasteiger partial charge in [-0.2, -0.15) is 4.31 Å². The molecule has 0 spiro atoms. The highest BCUT2D eigenvalue weighted by Crippen LogP contribution is 2.29. The summed E-state index contributed by atoms with van der Waals surface area (Å²) in [4.78, 5) is 3.93. The number of aromatic nitrogens is 1. The summed E-state index contributed by atoms with van der Waals surface area (Å²) in [6.07, 6.45) is 4.60. The molecule has 0 unspecified atom stereocenters. The van der Waals surface area contributed by atoms with Crippen molar-refractivity contribution in [2.24, 2.45) is 0 Å². The maximum Gasteiger partial charge on any atom is 0.254 e. The molecule has 88 valence electrons. The minimum Gasteiger partial charge on any atom is -0.229 e. The maximum absolute atomic E-state index is 12.2. The molecular formula is C9H11ClN2O2S2. The average molecular weight is 279 g/mol. The molecule has 1 aromatic heterocycles. The third-order valence-electron chi connectivity index (χ3n) is 2.32. The van der Waals surface area contributed by atoms with Crippen molar-refractivity contribution in [2.45, 2.75) is 17.6 Å². The van der Waals surface area contributed by atoms with Crippen LogP contribution in [0.25, 0.3) is 0 Å². The number of nitrogens with zero attached hydrogens (tertiary/aromatic N) is 2. The van der Waals surface area contributed by atoms with Crippen LogP contribution in [0.3, 0.4) is 0 Å². The van der Waals surface area contributed by atoms with Crippen LogP contribution in [-0.4, -0.2) is 30.8 Å². The molecule has 0 saturated heterocycles. The van der Waals surface area contributed by atoms with Gasteiger partial charge in [0.2, 0.25) is 0 Å². The van der Waals surface area contributed by atoms with E-state index in [2.05, 4.69) is 4.98 Å². The first-order valence-corrected chi connectivity index (χ1v) is 7.43. The third kappa shape index (κ3) is 2.15. The Labute approximate surface area is 104 Å². The van der Waals surface area contributed by atoms with E-state index in [9.17, 15) is 8.42 Å². The molecule has 16 heavy (non-hydrogen) atoms. The summed E-state index contributed by atoms with van der Waals surface area (Å²) in [7, 11) is -3.42. The summed E-state index contributed by atoms with van der Waals surface area (Å²) in [5.41, 5.74) is 0.476. The van der Waals surface area contributed by atoms with Gasteiger partial charge in [0, 0.05) is 13.1 Å². The van der Waals surface area contributed by atoms with Gasteiger partial charge in [0.25, 0.3) is 10.0 Å². The zero-order chi connectivity index (χ0) is 11.8. The molecule has 2 rings (SSSR count). The van der Waals surface area contributed by atoms with Crippen LogP contribution < -0.4 is 0 Å². The van der Waals surface area contributed by atoms with E-state index < -0.39 is 10.0 Å². The Morgan fingerprint density at radius 3 is 2.75 bits per heavy atom. The van der Waals surface area contributed by atoms with Crippen molar-refractivity contribution < 1.29 is 8.42 Å². The fourth-order valence-corrected chi connectivity index (χ4v) is 4.83. The number of hydrogen-bond acceptors (Lipinski definition) is 4. The average Bonchev–Trinajstić information content (AvgIpc) is 2.60. The maximum atomic E-state index is 12.2. The van der Waals surface area contributed by atoms with E-state index in [1.807, 2.05) is 12.2 Å². The minimum absolute atomic E-state index is 0.257. The molecule has 0 aliphatic carbocycles. The molecule has 0 radical (unpaired) electrons.